The summed E-state index contributed by atoms with van der Waals surface area (Å²) in [6.45, 7) is 5.23. The highest BCUT2D eigenvalue weighted by atomic mass is 19.1. The van der Waals surface area contributed by atoms with Gasteiger partial charge in [0.15, 0.2) is 0 Å². The van der Waals surface area contributed by atoms with Gasteiger partial charge in [0.05, 0.1) is 23.6 Å². The molecule has 0 aliphatic carbocycles. The Morgan fingerprint density at radius 3 is 2.50 bits per heavy atom. The van der Waals surface area contributed by atoms with Gasteiger partial charge in [0.2, 0.25) is 0 Å². The summed E-state index contributed by atoms with van der Waals surface area (Å²) in [5.74, 6) is -3.66. The fourth-order valence-electron chi connectivity index (χ4n) is 3.20. The van der Waals surface area contributed by atoms with E-state index in [4.69, 9.17) is 4.74 Å². The fourth-order valence-corrected chi connectivity index (χ4v) is 3.20. The van der Waals surface area contributed by atoms with E-state index in [-0.39, 0.29) is 12.2 Å². The second kappa shape index (κ2) is 7.29. The topological polar surface area (TPSA) is 61.8 Å². The summed E-state index contributed by atoms with van der Waals surface area (Å²) in [4.78, 5) is 14.5. The Morgan fingerprint density at radius 2 is 1.85 bits per heavy atom. The van der Waals surface area contributed by atoms with Crippen LogP contribution in [0.15, 0.2) is 36.4 Å². The normalized spacial score (nSPS) is 20.1. The van der Waals surface area contributed by atoms with Gasteiger partial charge in [0, 0.05) is 25.2 Å². The number of carbonyl (C=O) groups excluding carboxylic acids is 1. The van der Waals surface area contributed by atoms with Gasteiger partial charge in [-0.1, -0.05) is 12.1 Å². The van der Waals surface area contributed by atoms with Crippen LogP contribution in [0.3, 0.4) is 0 Å². The SMILES string of the molecule is C[C@@H]1CN(c2ccccc2NC(=O)c2c(O)cc(F)cc2F)C[C@@H](C)O1. The van der Waals surface area contributed by atoms with E-state index in [2.05, 4.69) is 10.2 Å². The van der Waals surface area contributed by atoms with E-state index in [1.165, 1.54) is 0 Å². The quantitative estimate of drug-likeness (QED) is 0.877. The average Bonchev–Trinajstić information content (AvgIpc) is 2.53. The lowest BCUT2D eigenvalue weighted by molar-refractivity contribution is -0.00517. The highest BCUT2D eigenvalue weighted by Crippen LogP contribution is 2.30. The van der Waals surface area contributed by atoms with Gasteiger partial charge < -0.3 is 20.1 Å². The molecule has 0 bridgehead atoms. The number of hydrogen-bond donors (Lipinski definition) is 2. The summed E-state index contributed by atoms with van der Waals surface area (Å²) in [5, 5.41) is 12.4. The summed E-state index contributed by atoms with van der Waals surface area (Å²) in [6, 6.07) is 8.39. The second-order valence-corrected chi connectivity index (χ2v) is 6.42. The number of morpholine rings is 1. The van der Waals surface area contributed by atoms with Crippen molar-refractivity contribution in [2.24, 2.45) is 0 Å². The van der Waals surface area contributed by atoms with Gasteiger partial charge in [-0.3, -0.25) is 4.79 Å². The molecule has 0 saturated carbocycles. The van der Waals surface area contributed by atoms with Crippen LogP contribution in [0.1, 0.15) is 24.2 Å². The molecule has 2 atom stereocenters. The van der Waals surface area contributed by atoms with E-state index < -0.39 is 28.9 Å². The third-order valence-electron chi connectivity index (χ3n) is 4.17. The van der Waals surface area contributed by atoms with Crippen LogP contribution in [0.25, 0.3) is 0 Å². The van der Waals surface area contributed by atoms with Gasteiger partial charge >= 0.3 is 0 Å². The summed E-state index contributed by atoms with van der Waals surface area (Å²) in [5.41, 5.74) is 0.650. The predicted molar refractivity (Wildman–Crippen MR) is 94.6 cm³/mol. The van der Waals surface area contributed by atoms with Crippen LogP contribution >= 0.6 is 0 Å². The molecule has 1 saturated heterocycles. The van der Waals surface area contributed by atoms with E-state index in [1.54, 1.807) is 12.1 Å². The van der Waals surface area contributed by atoms with Crippen molar-refractivity contribution in [3.63, 3.8) is 0 Å². The van der Waals surface area contributed by atoms with E-state index in [0.29, 0.717) is 30.9 Å². The number of ether oxygens (including phenoxy) is 1. The Labute approximate surface area is 150 Å². The lowest BCUT2D eigenvalue weighted by Crippen LogP contribution is -2.45. The summed E-state index contributed by atoms with van der Waals surface area (Å²) in [6.07, 6.45) is 0.0576. The number of amides is 1. The van der Waals surface area contributed by atoms with Gasteiger partial charge in [-0.05, 0) is 26.0 Å². The molecule has 0 radical (unpaired) electrons. The van der Waals surface area contributed by atoms with E-state index in [9.17, 15) is 18.7 Å². The molecule has 2 aromatic carbocycles. The maximum atomic E-state index is 13.9. The van der Waals surface area contributed by atoms with Gasteiger partial charge in [0.25, 0.3) is 5.91 Å². The van der Waals surface area contributed by atoms with Gasteiger partial charge in [0.1, 0.15) is 22.9 Å². The van der Waals surface area contributed by atoms with Gasteiger partial charge in [-0.2, -0.15) is 0 Å². The number of nitrogens with one attached hydrogen (secondary N) is 1. The number of hydrogen-bond acceptors (Lipinski definition) is 4. The lowest BCUT2D eigenvalue weighted by Gasteiger charge is -2.37. The largest absolute Gasteiger partial charge is 0.507 e. The molecule has 3 rings (SSSR count). The molecule has 1 amide bonds. The monoisotopic (exact) mass is 362 g/mol. The third kappa shape index (κ3) is 3.77. The van der Waals surface area contributed by atoms with Gasteiger partial charge in [-0.15, -0.1) is 0 Å². The summed E-state index contributed by atoms with van der Waals surface area (Å²) < 4.78 is 32.8. The predicted octanol–water partition coefficient (Wildman–Crippen LogP) is 3.54. The highest BCUT2D eigenvalue weighted by Gasteiger charge is 2.25. The first-order valence-electron chi connectivity index (χ1n) is 8.34. The average molecular weight is 362 g/mol. The van der Waals surface area contributed by atoms with Crippen LogP contribution in [0.5, 0.6) is 5.75 Å². The number of anilines is 2. The Hall–Kier alpha value is -2.67. The Balaban J connectivity index is 1.88. The van der Waals surface area contributed by atoms with Crippen molar-refractivity contribution in [3.8, 4) is 5.75 Å². The molecule has 0 spiro atoms. The van der Waals surface area contributed by atoms with Crippen LogP contribution in [0, 0.1) is 11.6 Å². The first kappa shape index (κ1) is 18.1. The zero-order chi connectivity index (χ0) is 18.8. The molecule has 1 aliphatic rings. The van der Waals surface area contributed by atoms with Crippen molar-refractivity contribution in [3.05, 3.63) is 53.6 Å². The third-order valence-corrected chi connectivity index (χ3v) is 4.17. The number of para-hydroxylation sites is 2. The van der Waals surface area contributed by atoms with Crippen LogP contribution in [0.4, 0.5) is 20.2 Å². The lowest BCUT2D eigenvalue weighted by atomic mass is 10.1. The van der Waals surface area contributed by atoms with E-state index in [0.717, 1.165) is 5.69 Å². The van der Waals surface area contributed by atoms with Crippen molar-refractivity contribution in [2.45, 2.75) is 26.1 Å². The molecule has 26 heavy (non-hydrogen) atoms. The maximum absolute atomic E-state index is 13.9. The summed E-state index contributed by atoms with van der Waals surface area (Å²) >= 11 is 0. The Morgan fingerprint density at radius 1 is 1.19 bits per heavy atom. The zero-order valence-corrected chi connectivity index (χ0v) is 14.5. The van der Waals surface area contributed by atoms with Crippen molar-refractivity contribution < 1.29 is 23.4 Å². The van der Waals surface area contributed by atoms with Crippen LogP contribution in [-0.2, 0) is 4.74 Å². The van der Waals surface area contributed by atoms with Crippen LogP contribution in [0.2, 0.25) is 0 Å². The molecular formula is C19H20F2N2O3. The minimum atomic E-state index is -1.12. The molecule has 0 aromatic heterocycles. The molecule has 2 aromatic rings. The molecule has 2 N–H and O–H groups in total. The highest BCUT2D eigenvalue weighted by molar-refractivity contribution is 6.07. The molecule has 138 valence electrons. The number of carbonyl (C=O) groups is 1. The smallest absolute Gasteiger partial charge is 0.262 e. The first-order valence-corrected chi connectivity index (χ1v) is 8.34. The number of rotatable bonds is 3. The molecular weight excluding hydrogens is 342 g/mol. The van der Waals surface area contributed by atoms with Gasteiger partial charge in [-0.25, -0.2) is 8.78 Å². The number of benzene rings is 2. The summed E-state index contributed by atoms with van der Waals surface area (Å²) in [7, 11) is 0. The first-order chi connectivity index (χ1) is 12.3. The Bertz CT molecular complexity index is 795. The molecule has 5 nitrogen and oxygen atoms in total. The number of nitrogens with zero attached hydrogens (tertiary/aromatic N) is 1. The van der Waals surface area contributed by atoms with E-state index >= 15 is 0 Å². The van der Waals surface area contributed by atoms with Crippen molar-refractivity contribution >= 4 is 17.3 Å². The molecule has 1 heterocycles. The molecule has 7 heteroatoms. The standard InChI is InChI=1S/C19H20F2N2O3/c1-11-9-23(10-12(2)26-11)16-6-4-3-5-15(16)22-19(25)18-14(21)7-13(20)8-17(18)24/h3-8,11-12,24H,9-10H2,1-2H3,(H,22,25)/t11-,12-/m1/s1. The minimum absolute atomic E-state index is 0.0288. The number of phenolic OH excluding ortho intramolecular Hbond substituents is 1. The van der Waals surface area contributed by atoms with Crippen LogP contribution in [-0.4, -0.2) is 36.3 Å². The minimum Gasteiger partial charge on any atom is -0.507 e. The second-order valence-electron chi connectivity index (χ2n) is 6.42. The zero-order valence-electron chi connectivity index (χ0n) is 14.5. The van der Waals surface area contributed by atoms with Crippen LogP contribution < -0.4 is 10.2 Å². The number of phenols is 1. The molecule has 0 unspecified atom stereocenters. The molecule has 1 aliphatic heterocycles. The number of halogens is 2. The Kier molecular flexibility index (Phi) is 5.08. The fraction of sp³-hybridized carbons (Fsp3) is 0.316. The van der Waals surface area contributed by atoms with Crippen molar-refractivity contribution in [1.29, 1.82) is 0 Å². The molecule has 1 fully saturated rings. The van der Waals surface area contributed by atoms with Crippen molar-refractivity contribution in [2.75, 3.05) is 23.3 Å². The van der Waals surface area contributed by atoms with E-state index in [1.807, 2.05) is 26.0 Å². The number of aromatic hydroxyl groups is 1. The maximum Gasteiger partial charge on any atom is 0.262 e. The van der Waals surface area contributed by atoms with Crippen molar-refractivity contribution in [1.82, 2.24) is 0 Å².